The van der Waals surface area contributed by atoms with Crippen molar-refractivity contribution in [2.24, 2.45) is 11.7 Å². The summed E-state index contributed by atoms with van der Waals surface area (Å²) in [7, 11) is 0. The van der Waals surface area contributed by atoms with E-state index in [0.717, 1.165) is 5.56 Å². The SMILES string of the molecule is CC(O)C(N)C(NCC#CC1CC1)c1ccccc1. The van der Waals surface area contributed by atoms with Crippen molar-refractivity contribution < 1.29 is 5.11 Å². The molecule has 0 spiro atoms. The first-order valence-electron chi connectivity index (χ1n) is 6.89. The molecule has 4 N–H and O–H groups in total. The smallest absolute Gasteiger partial charge is 0.0681 e. The van der Waals surface area contributed by atoms with Crippen molar-refractivity contribution in [3.05, 3.63) is 35.9 Å². The lowest BCUT2D eigenvalue weighted by Crippen LogP contribution is -2.44. The summed E-state index contributed by atoms with van der Waals surface area (Å²) in [5, 5.41) is 13.0. The lowest BCUT2D eigenvalue weighted by Gasteiger charge is -2.27. The monoisotopic (exact) mass is 258 g/mol. The highest BCUT2D eigenvalue weighted by Crippen LogP contribution is 2.27. The first-order valence-corrected chi connectivity index (χ1v) is 6.89. The van der Waals surface area contributed by atoms with Crippen LogP contribution in [-0.2, 0) is 0 Å². The van der Waals surface area contributed by atoms with Gasteiger partial charge >= 0.3 is 0 Å². The van der Waals surface area contributed by atoms with Gasteiger partial charge in [0.15, 0.2) is 0 Å². The highest BCUT2D eigenvalue weighted by atomic mass is 16.3. The van der Waals surface area contributed by atoms with Crippen molar-refractivity contribution in [3.8, 4) is 11.8 Å². The van der Waals surface area contributed by atoms with Crippen molar-refractivity contribution in [1.29, 1.82) is 0 Å². The molecule has 0 aliphatic heterocycles. The summed E-state index contributed by atoms with van der Waals surface area (Å²) in [5.41, 5.74) is 7.17. The summed E-state index contributed by atoms with van der Waals surface area (Å²) >= 11 is 0. The minimum Gasteiger partial charge on any atom is -0.392 e. The van der Waals surface area contributed by atoms with Crippen LogP contribution in [0.3, 0.4) is 0 Å². The molecule has 19 heavy (non-hydrogen) atoms. The van der Waals surface area contributed by atoms with E-state index in [0.29, 0.717) is 12.5 Å². The number of aliphatic hydroxyl groups excluding tert-OH is 1. The Bertz CT molecular complexity index is 443. The van der Waals surface area contributed by atoms with Crippen LogP contribution in [0.25, 0.3) is 0 Å². The molecule has 0 bridgehead atoms. The van der Waals surface area contributed by atoms with Crippen LogP contribution >= 0.6 is 0 Å². The fraction of sp³-hybridized carbons (Fsp3) is 0.500. The van der Waals surface area contributed by atoms with Crippen LogP contribution in [0.5, 0.6) is 0 Å². The standard InChI is InChI=1S/C16H22N2O/c1-12(19)15(17)16(14-7-3-2-4-8-14)18-11-5-6-13-9-10-13/h2-4,7-8,12-13,15-16,18-19H,9-11,17H2,1H3. The van der Waals surface area contributed by atoms with Gasteiger partial charge in [-0.25, -0.2) is 0 Å². The molecule has 0 radical (unpaired) electrons. The maximum atomic E-state index is 9.71. The molecular formula is C16H22N2O. The van der Waals surface area contributed by atoms with E-state index in [1.165, 1.54) is 12.8 Å². The topological polar surface area (TPSA) is 58.3 Å². The highest BCUT2D eigenvalue weighted by molar-refractivity contribution is 5.21. The second-order valence-electron chi connectivity index (χ2n) is 5.18. The van der Waals surface area contributed by atoms with Crippen molar-refractivity contribution in [1.82, 2.24) is 5.32 Å². The normalized spacial score (nSPS) is 19.1. The molecule has 102 valence electrons. The third-order valence-electron chi connectivity index (χ3n) is 3.39. The Morgan fingerprint density at radius 2 is 2.05 bits per heavy atom. The van der Waals surface area contributed by atoms with Crippen LogP contribution in [0.1, 0.15) is 31.4 Å². The number of hydrogen-bond acceptors (Lipinski definition) is 3. The summed E-state index contributed by atoms with van der Waals surface area (Å²) < 4.78 is 0. The van der Waals surface area contributed by atoms with Gasteiger partial charge in [-0.2, -0.15) is 0 Å². The summed E-state index contributed by atoms with van der Waals surface area (Å²) in [6.07, 6.45) is 1.92. The Hall–Kier alpha value is -1.34. The third kappa shape index (κ3) is 4.36. The van der Waals surface area contributed by atoms with Gasteiger partial charge in [-0.3, -0.25) is 5.32 Å². The largest absolute Gasteiger partial charge is 0.392 e. The predicted molar refractivity (Wildman–Crippen MR) is 77.3 cm³/mol. The van der Waals surface area contributed by atoms with Gasteiger partial charge in [-0.15, -0.1) is 0 Å². The summed E-state index contributed by atoms with van der Waals surface area (Å²) in [6, 6.07) is 9.56. The van der Waals surface area contributed by atoms with E-state index in [-0.39, 0.29) is 12.1 Å². The van der Waals surface area contributed by atoms with Crippen LogP contribution in [0.15, 0.2) is 30.3 Å². The highest BCUT2D eigenvalue weighted by Gasteiger charge is 2.23. The number of rotatable bonds is 5. The zero-order valence-electron chi connectivity index (χ0n) is 11.3. The average Bonchev–Trinajstić information content (AvgIpc) is 3.23. The predicted octanol–water partition coefficient (Wildman–Crippen LogP) is 1.44. The van der Waals surface area contributed by atoms with Crippen LogP contribution in [0.4, 0.5) is 0 Å². The lowest BCUT2D eigenvalue weighted by atomic mass is 9.96. The second-order valence-corrected chi connectivity index (χ2v) is 5.18. The van der Waals surface area contributed by atoms with Gasteiger partial charge < -0.3 is 10.8 Å². The van der Waals surface area contributed by atoms with E-state index >= 15 is 0 Å². The van der Waals surface area contributed by atoms with Crippen LogP contribution in [0.2, 0.25) is 0 Å². The Morgan fingerprint density at radius 1 is 1.37 bits per heavy atom. The van der Waals surface area contributed by atoms with Gasteiger partial charge in [-0.1, -0.05) is 42.2 Å². The first-order chi connectivity index (χ1) is 9.18. The second kappa shape index (κ2) is 6.72. The van der Waals surface area contributed by atoms with E-state index in [9.17, 15) is 5.11 Å². The molecule has 3 heteroatoms. The average molecular weight is 258 g/mol. The van der Waals surface area contributed by atoms with E-state index < -0.39 is 6.10 Å². The summed E-state index contributed by atoms with van der Waals surface area (Å²) in [5.74, 6) is 6.97. The van der Waals surface area contributed by atoms with Crippen molar-refractivity contribution >= 4 is 0 Å². The zero-order valence-corrected chi connectivity index (χ0v) is 11.3. The van der Waals surface area contributed by atoms with E-state index in [2.05, 4.69) is 17.2 Å². The fourth-order valence-corrected chi connectivity index (χ4v) is 2.00. The van der Waals surface area contributed by atoms with Crippen molar-refractivity contribution in [2.45, 2.75) is 38.0 Å². The lowest BCUT2D eigenvalue weighted by molar-refractivity contribution is 0.144. The van der Waals surface area contributed by atoms with Gasteiger partial charge in [0.25, 0.3) is 0 Å². The fourth-order valence-electron chi connectivity index (χ4n) is 2.00. The molecule has 0 heterocycles. The van der Waals surface area contributed by atoms with Crippen LogP contribution in [0, 0.1) is 17.8 Å². The molecule has 3 atom stereocenters. The molecule has 0 amide bonds. The molecule has 0 saturated heterocycles. The first kappa shape index (κ1) is 14.1. The minimum atomic E-state index is -0.561. The van der Waals surface area contributed by atoms with Crippen molar-refractivity contribution in [2.75, 3.05) is 6.54 Å². The third-order valence-corrected chi connectivity index (χ3v) is 3.39. The molecule has 3 nitrogen and oxygen atoms in total. The summed E-state index contributed by atoms with van der Waals surface area (Å²) in [4.78, 5) is 0. The van der Waals surface area contributed by atoms with Gasteiger partial charge in [-0.05, 0) is 25.3 Å². The van der Waals surface area contributed by atoms with Gasteiger partial charge in [0.05, 0.1) is 18.7 Å². The quantitative estimate of drug-likeness (QED) is 0.700. The van der Waals surface area contributed by atoms with E-state index in [1.807, 2.05) is 30.3 Å². The Kier molecular flexibility index (Phi) is 4.98. The zero-order chi connectivity index (χ0) is 13.7. The van der Waals surface area contributed by atoms with Gasteiger partial charge in [0.2, 0.25) is 0 Å². The number of aliphatic hydroxyl groups is 1. The van der Waals surface area contributed by atoms with Gasteiger partial charge in [0.1, 0.15) is 0 Å². The molecule has 1 aromatic rings. The van der Waals surface area contributed by atoms with Crippen molar-refractivity contribution in [3.63, 3.8) is 0 Å². The Balaban J connectivity index is 1.99. The molecule has 1 aliphatic rings. The molecule has 1 aromatic carbocycles. The molecule has 3 unspecified atom stereocenters. The number of benzene rings is 1. The Labute approximate surface area is 115 Å². The number of nitrogens with one attached hydrogen (secondary N) is 1. The molecule has 1 fully saturated rings. The Morgan fingerprint density at radius 3 is 2.63 bits per heavy atom. The van der Waals surface area contributed by atoms with Gasteiger partial charge in [0, 0.05) is 12.0 Å². The molecule has 1 saturated carbocycles. The number of hydrogen-bond donors (Lipinski definition) is 3. The number of nitrogens with two attached hydrogens (primary N) is 1. The molecule has 0 aromatic heterocycles. The summed E-state index contributed by atoms with van der Waals surface area (Å²) in [6.45, 7) is 2.33. The molecular weight excluding hydrogens is 236 g/mol. The van der Waals surface area contributed by atoms with E-state index in [4.69, 9.17) is 5.73 Å². The minimum absolute atomic E-state index is 0.0743. The van der Waals surface area contributed by atoms with Crippen LogP contribution < -0.4 is 11.1 Å². The maximum Gasteiger partial charge on any atom is 0.0681 e. The molecule has 2 rings (SSSR count). The van der Waals surface area contributed by atoms with E-state index in [1.54, 1.807) is 6.92 Å². The maximum absolute atomic E-state index is 9.71. The van der Waals surface area contributed by atoms with Crippen LogP contribution in [-0.4, -0.2) is 23.8 Å². The molecule has 1 aliphatic carbocycles.